The van der Waals surface area contributed by atoms with Crippen LogP contribution in [0.4, 0.5) is 0 Å². The minimum atomic E-state index is -0.395. The van der Waals surface area contributed by atoms with E-state index < -0.39 is 6.10 Å². The first-order chi connectivity index (χ1) is 9.51. The van der Waals surface area contributed by atoms with Crippen LogP contribution in [0.25, 0.3) is 0 Å². The highest BCUT2D eigenvalue weighted by atomic mass is 79.9. The van der Waals surface area contributed by atoms with Crippen LogP contribution < -0.4 is 0 Å². The van der Waals surface area contributed by atoms with Crippen molar-refractivity contribution in [3.05, 3.63) is 51.3 Å². The molecule has 0 fully saturated rings. The number of aryl methyl sites for hydroxylation is 3. The van der Waals surface area contributed by atoms with E-state index in [1.54, 1.807) is 0 Å². The first-order valence-electron chi connectivity index (χ1n) is 6.95. The quantitative estimate of drug-likeness (QED) is 0.910. The van der Waals surface area contributed by atoms with E-state index in [1.807, 2.05) is 17.8 Å². The predicted molar refractivity (Wildman–Crippen MR) is 84.9 cm³/mol. The molecule has 1 N–H and O–H groups in total. The molecular formula is C16H21BrN2O. The van der Waals surface area contributed by atoms with E-state index in [9.17, 15) is 5.11 Å². The number of aliphatic hydroxyl groups excluding tert-OH is 1. The fourth-order valence-corrected chi connectivity index (χ4v) is 3.23. The van der Waals surface area contributed by atoms with E-state index in [-0.39, 0.29) is 0 Å². The Morgan fingerprint density at radius 1 is 1.35 bits per heavy atom. The highest BCUT2D eigenvalue weighted by molar-refractivity contribution is 9.10. The molecule has 0 spiro atoms. The third kappa shape index (κ3) is 3.49. The lowest BCUT2D eigenvalue weighted by Gasteiger charge is -2.12. The van der Waals surface area contributed by atoms with Gasteiger partial charge in [-0.3, -0.25) is 4.68 Å². The van der Waals surface area contributed by atoms with Gasteiger partial charge in [-0.25, -0.2) is 0 Å². The zero-order valence-electron chi connectivity index (χ0n) is 12.2. The van der Waals surface area contributed by atoms with Crippen molar-refractivity contribution in [2.24, 2.45) is 7.05 Å². The number of nitrogens with zero attached hydrogens (tertiary/aromatic N) is 2. The molecule has 0 radical (unpaired) electrons. The van der Waals surface area contributed by atoms with Gasteiger partial charge in [0.1, 0.15) is 0 Å². The summed E-state index contributed by atoms with van der Waals surface area (Å²) in [5.41, 5.74) is 4.50. The molecule has 2 rings (SSSR count). The molecule has 0 bridgehead atoms. The number of benzene rings is 1. The van der Waals surface area contributed by atoms with Crippen molar-refractivity contribution in [1.82, 2.24) is 9.78 Å². The number of hydrogen-bond donors (Lipinski definition) is 1. The molecular weight excluding hydrogens is 316 g/mol. The predicted octanol–water partition coefficient (Wildman–Crippen LogP) is 3.20. The Morgan fingerprint density at radius 2 is 2.10 bits per heavy atom. The minimum absolute atomic E-state index is 0.395. The summed E-state index contributed by atoms with van der Waals surface area (Å²) in [6, 6.07) is 8.29. The molecule has 1 atom stereocenters. The van der Waals surface area contributed by atoms with Gasteiger partial charge in [-0.2, -0.15) is 5.10 Å². The lowest BCUT2D eigenvalue weighted by molar-refractivity contribution is 0.172. The van der Waals surface area contributed by atoms with Crippen molar-refractivity contribution >= 4 is 15.9 Å². The Labute approximate surface area is 128 Å². The first-order valence-corrected chi connectivity index (χ1v) is 7.74. The van der Waals surface area contributed by atoms with Crippen molar-refractivity contribution < 1.29 is 5.11 Å². The Bertz CT molecular complexity index is 592. The molecule has 0 aliphatic rings. The van der Waals surface area contributed by atoms with Gasteiger partial charge in [0.25, 0.3) is 0 Å². The zero-order valence-corrected chi connectivity index (χ0v) is 13.8. The standard InChI is InChI=1S/C16H21BrN2O/c1-4-14-16(17)15(19(3)18-14)10-13(20)9-12-7-5-6-11(2)8-12/h5-8,13,20H,4,9-10H2,1-3H3. The SMILES string of the molecule is CCc1nn(C)c(CC(O)Cc2cccc(C)c2)c1Br. The Balaban J connectivity index is 2.08. The second-order valence-corrected chi connectivity index (χ2v) is 6.03. The van der Waals surface area contributed by atoms with Crippen molar-refractivity contribution in [2.45, 2.75) is 39.2 Å². The fourth-order valence-electron chi connectivity index (χ4n) is 2.45. The van der Waals surface area contributed by atoms with Crippen molar-refractivity contribution in [3.63, 3.8) is 0 Å². The second kappa shape index (κ2) is 6.55. The maximum Gasteiger partial charge on any atom is 0.0766 e. The highest BCUT2D eigenvalue weighted by Crippen LogP contribution is 2.23. The van der Waals surface area contributed by atoms with E-state index in [2.05, 4.69) is 53.1 Å². The molecule has 108 valence electrons. The fraction of sp³-hybridized carbons (Fsp3) is 0.438. The van der Waals surface area contributed by atoms with Crippen LogP contribution in [0.2, 0.25) is 0 Å². The number of halogens is 1. The summed E-state index contributed by atoms with van der Waals surface area (Å²) < 4.78 is 2.90. The molecule has 1 aromatic carbocycles. The minimum Gasteiger partial charge on any atom is -0.392 e. The van der Waals surface area contributed by atoms with Crippen LogP contribution >= 0.6 is 15.9 Å². The monoisotopic (exact) mass is 336 g/mol. The second-order valence-electron chi connectivity index (χ2n) is 5.24. The molecule has 1 unspecified atom stereocenters. The van der Waals surface area contributed by atoms with Crippen LogP contribution in [0.1, 0.15) is 29.4 Å². The summed E-state index contributed by atoms with van der Waals surface area (Å²) in [6.45, 7) is 4.15. The molecule has 1 heterocycles. The molecule has 1 aromatic heterocycles. The lowest BCUT2D eigenvalue weighted by atomic mass is 10.0. The normalized spacial score (nSPS) is 12.7. The largest absolute Gasteiger partial charge is 0.392 e. The Hall–Kier alpha value is -1.13. The van der Waals surface area contributed by atoms with Crippen molar-refractivity contribution in [1.29, 1.82) is 0 Å². The third-order valence-electron chi connectivity index (χ3n) is 3.49. The van der Waals surface area contributed by atoms with E-state index in [0.717, 1.165) is 22.3 Å². The van der Waals surface area contributed by atoms with E-state index in [1.165, 1.54) is 11.1 Å². The Morgan fingerprint density at radius 3 is 2.70 bits per heavy atom. The summed E-state index contributed by atoms with van der Waals surface area (Å²) in [7, 11) is 1.93. The van der Waals surface area contributed by atoms with Crippen LogP contribution in [-0.4, -0.2) is 21.0 Å². The summed E-state index contributed by atoms with van der Waals surface area (Å²) in [4.78, 5) is 0. The summed E-state index contributed by atoms with van der Waals surface area (Å²) in [5.74, 6) is 0. The van der Waals surface area contributed by atoms with Crippen LogP contribution in [0.15, 0.2) is 28.7 Å². The van der Waals surface area contributed by atoms with Gasteiger partial charge in [0.15, 0.2) is 0 Å². The van der Waals surface area contributed by atoms with Gasteiger partial charge < -0.3 is 5.11 Å². The maximum atomic E-state index is 10.3. The molecule has 0 saturated carbocycles. The number of rotatable bonds is 5. The Kier molecular flexibility index (Phi) is 5.00. The average molecular weight is 337 g/mol. The molecule has 0 aliphatic heterocycles. The molecule has 20 heavy (non-hydrogen) atoms. The van der Waals surface area contributed by atoms with Crippen LogP contribution in [0.5, 0.6) is 0 Å². The summed E-state index contributed by atoms with van der Waals surface area (Å²) >= 11 is 3.59. The number of aromatic nitrogens is 2. The van der Waals surface area contributed by atoms with Crippen LogP contribution in [0, 0.1) is 6.92 Å². The van der Waals surface area contributed by atoms with Crippen LogP contribution in [-0.2, 0) is 26.3 Å². The van der Waals surface area contributed by atoms with Gasteiger partial charge in [0.2, 0.25) is 0 Å². The highest BCUT2D eigenvalue weighted by Gasteiger charge is 2.16. The van der Waals surface area contributed by atoms with Crippen molar-refractivity contribution in [2.75, 3.05) is 0 Å². The molecule has 3 nitrogen and oxygen atoms in total. The van der Waals surface area contributed by atoms with Crippen molar-refractivity contribution in [3.8, 4) is 0 Å². The van der Waals surface area contributed by atoms with Gasteiger partial charge in [0, 0.05) is 13.5 Å². The first kappa shape index (κ1) is 15.3. The van der Waals surface area contributed by atoms with Crippen LogP contribution in [0.3, 0.4) is 0 Å². The van der Waals surface area contributed by atoms with E-state index in [0.29, 0.717) is 12.8 Å². The van der Waals surface area contributed by atoms with Gasteiger partial charge >= 0.3 is 0 Å². The number of hydrogen-bond acceptors (Lipinski definition) is 2. The van der Waals surface area contributed by atoms with E-state index in [4.69, 9.17) is 0 Å². The molecule has 2 aromatic rings. The van der Waals surface area contributed by atoms with E-state index >= 15 is 0 Å². The number of aliphatic hydroxyl groups is 1. The zero-order chi connectivity index (χ0) is 14.7. The smallest absolute Gasteiger partial charge is 0.0766 e. The molecule has 4 heteroatoms. The molecule has 0 amide bonds. The van der Waals surface area contributed by atoms with Gasteiger partial charge in [0.05, 0.1) is 22.0 Å². The van der Waals surface area contributed by atoms with Gasteiger partial charge in [-0.1, -0.05) is 36.8 Å². The van der Waals surface area contributed by atoms with Gasteiger partial charge in [-0.05, 0) is 41.3 Å². The summed E-state index contributed by atoms with van der Waals surface area (Å²) in [6.07, 6.45) is 1.77. The maximum absolute atomic E-state index is 10.3. The summed E-state index contributed by atoms with van der Waals surface area (Å²) in [5, 5.41) is 14.8. The molecule has 0 saturated heterocycles. The average Bonchev–Trinajstić information content (AvgIpc) is 2.66. The topological polar surface area (TPSA) is 38.0 Å². The molecule has 0 aliphatic carbocycles. The third-order valence-corrected chi connectivity index (χ3v) is 4.40. The lowest BCUT2D eigenvalue weighted by Crippen LogP contribution is -2.16. The van der Waals surface area contributed by atoms with Gasteiger partial charge in [-0.15, -0.1) is 0 Å².